The van der Waals surface area contributed by atoms with Gasteiger partial charge in [0.25, 0.3) is 0 Å². The van der Waals surface area contributed by atoms with Gasteiger partial charge in [-0.2, -0.15) is 0 Å². The standard InChI is InChI=1S/C15H26N4O/c1-16-15(7-5-4-6-8-15)11-14(20)19(3)12-13-17-9-10-18(13)2/h9-10,16H,4-8,11-12H2,1-3H3. The van der Waals surface area contributed by atoms with Crippen LogP contribution in [0.25, 0.3) is 0 Å². The minimum atomic E-state index is 0.00519. The van der Waals surface area contributed by atoms with Crippen LogP contribution in [0.15, 0.2) is 12.4 Å². The minimum absolute atomic E-state index is 0.00519. The Morgan fingerprint density at radius 3 is 2.70 bits per heavy atom. The Morgan fingerprint density at radius 1 is 1.45 bits per heavy atom. The molecule has 0 unspecified atom stereocenters. The van der Waals surface area contributed by atoms with Crippen LogP contribution in [0, 0.1) is 0 Å². The molecule has 1 N–H and O–H groups in total. The second-order valence-electron chi connectivity index (χ2n) is 5.97. The first-order valence-electron chi connectivity index (χ1n) is 7.45. The van der Waals surface area contributed by atoms with Gasteiger partial charge in [-0.1, -0.05) is 19.3 Å². The molecule has 1 aliphatic rings. The number of aryl methyl sites for hydroxylation is 1. The third kappa shape index (κ3) is 3.39. The van der Waals surface area contributed by atoms with Gasteiger partial charge >= 0.3 is 0 Å². The van der Waals surface area contributed by atoms with Crippen LogP contribution < -0.4 is 5.32 Å². The quantitative estimate of drug-likeness (QED) is 0.891. The van der Waals surface area contributed by atoms with Gasteiger partial charge in [0.1, 0.15) is 5.82 Å². The highest BCUT2D eigenvalue weighted by atomic mass is 16.2. The summed E-state index contributed by atoms with van der Waals surface area (Å²) >= 11 is 0. The van der Waals surface area contributed by atoms with Gasteiger partial charge in [0.2, 0.25) is 5.91 Å². The van der Waals surface area contributed by atoms with E-state index in [0.717, 1.165) is 18.7 Å². The van der Waals surface area contributed by atoms with E-state index in [9.17, 15) is 4.79 Å². The summed E-state index contributed by atoms with van der Waals surface area (Å²) in [5.41, 5.74) is 0.00519. The molecule has 1 aromatic heterocycles. The number of amides is 1. The molecule has 0 aromatic carbocycles. The van der Waals surface area contributed by atoms with Crippen LogP contribution in [0.5, 0.6) is 0 Å². The number of aromatic nitrogens is 2. The van der Waals surface area contributed by atoms with E-state index in [0.29, 0.717) is 13.0 Å². The number of nitrogens with zero attached hydrogens (tertiary/aromatic N) is 3. The number of carbonyl (C=O) groups is 1. The lowest BCUT2D eigenvalue weighted by molar-refractivity contribution is -0.132. The maximum absolute atomic E-state index is 12.5. The molecule has 112 valence electrons. The lowest BCUT2D eigenvalue weighted by atomic mass is 9.79. The zero-order valence-corrected chi connectivity index (χ0v) is 12.9. The third-order valence-corrected chi connectivity index (χ3v) is 4.56. The van der Waals surface area contributed by atoms with Gasteiger partial charge in [-0.15, -0.1) is 0 Å². The summed E-state index contributed by atoms with van der Waals surface area (Å²) in [6.45, 7) is 0.572. The van der Waals surface area contributed by atoms with Gasteiger partial charge in [0.15, 0.2) is 0 Å². The SMILES string of the molecule is CNC1(CC(=O)N(C)Cc2nccn2C)CCCCC1. The van der Waals surface area contributed by atoms with E-state index in [-0.39, 0.29) is 11.4 Å². The summed E-state index contributed by atoms with van der Waals surface area (Å²) < 4.78 is 1.96. The van der Waals surface area contributed by atoms with E-state index in [1.165, 1.54) is 19.3 Å². The predicted molar refractivity (Wildman–Crippen MR) is 79.2 cm³/mol. The Hall–Kier alpha value is -1.36. The Bertz CT molecular complexity index is 448. The number of nitrogens with one attached hydrogen (secondary N) is 1. The van der Waals surface area contributed by atoms with Crippen molar-refractivity contribution in [1.82, 2.24) is 19.8 Å². The molecular formula is C15H26N4O. The first-order valence-corrected chi connectivity index (χ1v) is 7.45. The van der Waals surface area contributed by atoms with Gasteiger partial charge < -0.3 is 14.8 Å². The maximum Gasteiger partial charge on any atom is 0.224 e. The Balaban J connectivity index is 1.94. The molecule has 5 nitrogen and oxygen atoms in total. The van der Waals surface area contributed by atoms with Crippen molar-refractivity contribution in [3.63, 3.8) is 0 Å². The molecule has 1 fully saturated rings. The average molecular weight is 278 g/mol. The van der Waals surface area contributed by atoms with Crippen molar-refractivity contribution in [2.45, 2.75) is 50.6 Å². The van der Waals surface area contributed by atoms with Crippen LogP contribution in [-0.4, -0.2) is 40.0 Å². The van der Waals surface area contributed by atoms with Crippen LogP contribution in [0.4, 0.5) is 0 Å². The van der Waals surface area contributed by atoms with Crippen molar-refractivity contribution in [2.24, 2.45) is 7.05 Å². The van der Waals surface area contributed by atoms with E-state index in [2.05, 4.69) is 10.3 Å². The Kier molecular flexibility index (Phi) is 4.81. The van der Waals surface area contributed by atoms with Crippen LogP contribution in [0.2, 0.25) is 0 Å². The molecule has 1 saturated carbocycles. The molecule has 1 amide bonds. The molecule has 20 heavy (non-hydrogen) atoms. The molecule has 1 aromatic rings. The average Bonchev–Trinajstić information content (AvgIpc) is 2.85. The number of hydrogen-bond acceptors (Lipinski definition) is 3. The Labute approximate surface area is 121 Å². The van der Waals surface area contributed by atoms with Crippen molar-refractivity contribution < 1.29 is 4.79 Å². The Morgan fingerprint density at radius 2 is 2.15 bits per heavy atom. The fourth-order valence-electron chi connectivity index (χ4n) is 3.02. The van der Waals surface area contributed by atoms with Gasteiger partial charge in [-0.05, 0) is 19.9 Å². The van der Waals surface area contributed by atoms with E-state index in [1.54, 1.807) is 11.1 Å². The summed E-state index contributed by atoms with van der Waals surface area (Å²) in [6.07, 6.45) is 10.2. The van der Waals surface area contributed by atoms with E-state index < -0.39 is 0 Å². The first kappa shape index (κ1) is 15.0. The molecule has 1 heterocycles. The van der Waals surface area contributed by atoms with Crippen LogP contribution >= 0.6 is 0 Å². The summed E-state index contributed by atoms with van der Waals surface area (Å²) in [4.78, 5) is 18.5. The van der Waals surface area contributed by atoms with Gasteiger partial charge in [0.05, 0.1) is 6.54 Å². The highest BCUT2D eigenvalue weighted by Gasteiger charge is 2.33. The molecule has 2 rings (SSSR count). The van der Waals surface area contributed by atoms with E-state index >= 15 is 0 Å². The normalized spacial score (nSPS) is 17.9. The highest BCUT2D eigenvalue weighted by molar-refractivity contribution is 5.77. The third-order valence-electron chi connectivity index (χ3n) is 4.56. The molecular weight excluding hydrogens is 252 g/mol. The molecule has 0 radical (unpaired) electrons. The smallest absolute Gasteiger partial charge is 0.224 e. The van der Waals surface area contributed by atoms with Crippen molar-refractivity contribution in [3.8, 4) is 0 Å². The van der Waals surface area contributed by atoms with Crippen LogP contribution in [0.1, 0.15) is 44.3 Å². The molecule has 0 saturated heterocycles. The summed E-state index contributed by atoms with van der Waals surface area (Å²) in [5.74, 6) is 1.12. The molecule has 1 aliphatic carbocycles. The minimum Gasteiger partial charge on any atom is -0.338 e. The predicted octanol–water partition coefficient (Wildman–Crippen LogP) is 1.69. The fraction of sp³-hybridized carbons (Fsp3) is 0.733. The summed E-state index contributed by atoms with van der Waals surface area (Å²) in [5, 5.41) is 3.41. The van der Waals surface area contributed by atoms with Gasteiger partial charge in [-0.3, -0.25) is 4.79 Å². The van der Waals surface area contributed by atoms with Crippen molar-refractivity contribution >= 4 is 5.91 Å². The lowest BCUT2D eigenvalue weighted by Gasteiger charge is -2.37. The monoisotopic (exact) mass is 278 g/mol. The van der Waals surface area contributed by atoms with Gasteiger partial charge in [0, 0.05) is 38.4 Å². The zero-order chi connectivity index (χ0) is 14.6. The molecule has 0 aliphatic heterocycles. The first-order chi connectivity index (χ1) is 9.56. The number of carbonyl (C=O) groups excluding carboxylic acids is 1. The van der Waals surface area contributed by atoms with Crippen molar-refractivity contribution in [1.29, 1.82) is 0 Å². The van der Waals surface area contributed by atoms with Gasteiger partial charge in [-0.25, -0.2) is 4.98 Å². The summed E-state index contributed by atoms with van der Waals surface area (Å²) in [7, 11) is 5.80. The van der Waals surface area contributed by atoms with Crippen LogP contribution in [0.3, 0.4) is 0 Å². The largest absolute Gasteiger partial charge is 0.338 e. The second kappa shape index (κ2) is 6.39. The molecule has 0 atom stereocenters. The number of rotatable bonds is 5. The maximum atomic E-state index is 12.5. The zero-order valence-electron chi connectivity index (χ0n) is 12.9. The second-order valence-corrected chi connectivity index (χ2v) is 5.97. The van der Waals surface area contributed by atoms with Crippen LogP contribution in [-0.2, 0) is 18.4 Å². The topological polar surface area (TPSA) is 50.2 Å². The molecule has 5 heteroatoms. The summed E-state index contributed by atoms with van der Waals surface area (Å²) in [6, 6.07) is 0. The number of hydrogen-bond donors (Lipinski definition) is 1. The fourth-order valence-corrected chi connectivity index (χ4v) is 3.02. The lowest BCUT2D eigenvalue weighted by Crippen LogP contribution is -2.48. The van der Waals surface area contributed by atoms with Crippen molar-refractivity contribution in [2.75, 3.05) is 14.1 Å². The molecule has 0 bridgehead atoms. The number of imidazole rings is 1. The van der Waals surface area contributed by atoms with E-state index in [4.69, 9.17) is 0 Å². The van der Waals surface area contributed by atoms with Crippen molar-refractivity contribution in [3.05, 3.63) is 18.2 Å². The van der Waals surface area contributed by atoms with E-state index in [1.807, 2.05) is 31.9 Å². The highest BCUT2D eigenvalue weighted by Crippen LogP contribution is 2.31. The molecule has 0 spiro atoms.